The van der Waals surface area contributed by atoms with Crippen LogP contribution in [0, 0.1) is 5.92 Å². The topological polar surface area (TPSA) is 81.8 Å². The van der Waals surface area contributed by atoms with Crippen LogP contribution in [0.1, 0.15) is 12.8 Å². The van der Waals surface area contributed by atoms with Gasteiger partial charge >= 0.3 is 5.97 Å². The fourth-order valence-electron chi connectivity index (χ4n) is 1.85. The van der Waals surface area contributed by atoms with Crippen LogP contribution < -0.4 is 15.2 Å². The normalized spacial score (nSPS) is 17.9. The van der Waals surface area contributed by atoms with E-state index in [1.807, 2.05) is 0 Å². The van der Waals surface area contributed by atoms with Crippen LogP contribution in [0.4, 0.5) is 0 Å². The summed E-state index contributed by atoms with van der Waals surface area (Å²) < 4.78 is 10.6. The Labute approximate surface area is 106 Å². The first-order valence-corrected chi connectivity index (χ1v) is 5.85. The number of nitrogens with two attached hydrogens (primary N) is 1. The van der Waals surface area contributed by atoms with Crippen LogP contribution in [0.3, 0.4) is 0 Å². The average molecular weight is 251 g/mol. The van der Waals surface area contributed by atoms with Crippen molar-refractivity contribution < 1.29 is 19.4 Å². The Morgan fingerprint density at radius 2 is 2.17 bits per heavy atom. The molecule has 18 heavy (non-hydrogen) atoms. The molecular weight excluding hydrogens is 234 g/mol. The number of rotatable bonds is 6. The van der Waals surface area contributed by atoms with Crippen LogP contribution in [0.25, 0.3) is 0 Å². The van der Waals surface area contributed by atoms with Crippen molar-refractivity contribution in [3.05, 3.63) is 24.3 Å². The summed E-state index contributed by atoms with van der Waals surface area (Å²) in [5.41, 5.74) is 4.62. The summed E-state index contributed by atoms with van der Waals surface area (Å²) in [7, 11) is 1.56. The van der Waals surface area contributed by atoms with Crippen molar-refractivity contribution in [1.82, 2.24) is 0 Å². The Morgan fingerprint density at radius 1 is 1.50 bits per heavy atom. The number of carboxylic acids is 1. The molecule has 0 radical (unpaired) electrons. The van der Waals surface area contributed by atoms with Gasteiger partial charge in [-0.25, -0.2) is 0 Å². The molecule has 0 aliphatic heterocycles. The standard InChI is InChI=1S/C13H17NO4/c1-17-10-3-2-4-11(7-10)18-8-13(14,12(15)16)9-5-6-9/h2-4,7,9H,5-6,8,14H2,1H3,(H,15,16). The summed E-state index contributed by atoms with van der Waals surface area (Å²) in [6.07, 6.45) is 1.70. The smallest absolute Gasteiger partial charge is 0.327 e. The molecule has 0 amide bonds. The highest BCUT2D eigenvalue weighted by Gasteiger charge is 2.49. The van der Waals surface area contributed by atoms with Crippen LogP contribution in [-0.4, -0.2) is 30.3 Å². The van der Waals surface area contributed by atoms with E-state index in [2.05, 4.69) is 0 Å². The lowest BCUT2D eigenvalue weighted by Gasteiger charge is -2.24. The maximum absolute atomic E-state index is 11.2. The van der Waals surface area contributed by atoms with Crippen molar-refractivity contribution in [2.45, 2.75) is 18.4 Å². The third-order valence-electron chi connectivity index (χ3n) is 3.22. The fraction of sp³-hybridized carbons (Fsp3) is 0.462. The van der Waals surface area contributed by atoms with Gasteiger partial charge in [0.15, 0.2) is 5.54 Å². The van der Waals surface area contributed by atoms with E-state index in [0.29, 0.717) is 11.5 Å². The minimum Gasteiger partial charge on any atom is -0.497 e. The maximum atomic E-state index is 11.2. The van der Waals surface area contributed by atoms with E-state index in [1.165, 1.54) is 0 Å². The van der Waals surface area contributed by atoms with Crippen LogP contribution >= 0.6 is 0 Å². The first-order chi connectivity index (χ1) is 8.56. The highest BCUT2D eigenvalue weighted by atomic mass is 16.5. The van der Waals surface area contributed by atoms with E-state index in [-0.39, 0.29) is 12.5 Å². The molecule has 1 aliphatic carbocycles. The largest absolute Gasteiger partial charge is 0.497 e. The van der Waals surface area contributed by atoms with Crippen LogP contribution in [0.15, 0.2) is 24.3 Å². The number of carbonyl (C=O) groups is 1. The van der Waals surface area contributed by atoms with Gasteiger partial charge < -0.3 is 20.3 Å². The van der Waals surface area contributed by atoms with Gasteiger partial charge in [0.1, 0.15) is 18.1 Å². The van der Waals surface area contributed by atoms with Crippen LogP contribution in [-0.2, 0) is 4.79 Å². The first kappa shape index (κ1) is 12.7. The maximum Gasteiger partial charge on any atom is 0.327 e. The number of ether oxygens (including phenoxy) is 2. The second kappa shape index (κ2) is 4.86. The number of methoxy groups -OCH3 is 1. The van der Waals surface area contributed by atoms with Crippen LogP contribution in [0.2, 0.25) is 0 Å². The van der Waals surface area contributed by atoms with E-state index in [1.54, 1.807) is 31.4 Å². The van der Waals surface area contributed by atoms with E-state index >= 15 is 0 Å². The third-order valence-corrected chi connectivity index (χ3v) is 3.22. The zero-order chi connectivity index (χ0) is 13.2. The quantitative estimate of drug-likeness (QED) is 0.795. The van der Waals surface area contributed by atoms with Gasteiger partial charge in [-0.3, -0.25) is 4.79 Å². The lowest BCUT2D eigenvalue weighted by atomic mass is 9.96. The molecule has 3 N–H and O–H groups in total. The van der Waals surface area contributed by atoms with Gasteiger partial charge in [0.25, 0.3) is 0 Å². The molecule has 0 bridgehead atoms. The summed E-state index contributed by atoms with van der Waals surface area (Å²) in [5, 5.41) is 9.19. The molecule has 1 aromatic carbocycles. The Kier molecular flexibility index (Phi) is 3.43. The Hall–Kier alpha value is -1.75. The fourth-order valence-corrected chi connectivity index (χ4v) is 1.85. The molecule has 0 heterocycles. The minimum atomic E-state index is -1.29. The number of hydrogen-bond donors (Lipinski definition) is 2. The number of carboxylic acid groups (broad SMARTS) is 1. The van der Waals surface area contributed by atoms with Crippen molar-refractivity contribution >= 4 is 5.97 Å². The third kappa shape index (κ3) is 2.56. The molecular formula is C13H17NO4. The highest BCUT2D eigenvalue weighted by Crippen LogP contribution is 2.38. The minimum absolute atomic E-state index is 0.0145. The van der Waals surface area contributed by atoms with Gasteiger partial charge in [-0.15, -0.1) is 0 Å². The molecule has 1 fully saturated rings. The molecule has 1 aliphatic rings. The van der Waals surface area contributed by atoms with Gasteiger partial charge in [0.05, 0.1) is 7.11 Å². The molecule has 5 heteroatoms. The Bertz CT molecular complexity index is 444. The van der Waals surface area contributed by atoms with Crippen molar-refractivity contribution in [3.8, 4) is 11.5 Å². The molecule has 1 saturated carbocycles. The van der Waals surface area contributed by atoms with Crippen molar-refractivity contribution in [2.75, 3.05) is 13.7 Å². The molecule has 5 nitrogen and oxygen atoms in total. The van der Waals surface area contributed by atoms with E-state index in [0.717, 1.165) is 12.8 Å². The SMILES string of the molecule is COc1cccc(OCC(N)(C(=O)O)C2CC2)c1. The Morgan fingerprint density at radius 3 is 2.72 bits per heavy atom. The highest BCUT2D eigenvalue weighted by molar-refractivity contribution is 5.79. The molecule has 0 aromatic heterocycles. The van der Waals surface area contributed by atoms with Gasteiger partial charge in [0, 0.05) is 6.07 Å². The second-order valence-corrected chi connectivity index (χ2v) is 4.59. The second-order valence-electron chi connectivity index (χ2n) is 4.59. The summed E-state index contributed by atoms with van der Waals surface area (Å²) >= 11 is 0. The molecule has 0 spiro atoms. The summed E-state index contributed by atoms with van der Waals surface area (Å²) in [4.78, 5) is 11.2. The van der Waals surface area contributed by atoms with E-state index in [9.17, 15) is 9.90 Å². The zero-order valence-corrected chi connectivity index (χ0v) is 10.3. The monoisotopic (exact) mass is 251 g/mol. The molecule has 98 valence electrons. The predicted molar refractivity (Wildman–Crippen MR) is 65.8 cm³/mol. The lowest BCUT2D eigenvalue weighted by molar-refractivity contribution is -0.145. The first-order valence-electron chi connectivity index (χ1n) is 5.85. The number of hydrogen-bond acceptors (Lipinski definition) is 4. The van der Waals surface area contributed by atoms with Crippen molar-refractivity contribution in [1.29, 1.82) is 0 Å². The predicted octanol–water partition coefficient (Wildman–Crippen LogP) is 1.27. The zero-order valence-electron chi connectivity index (χ0n) is 10.3. The summed E-state index contributed by atoms with van der Waals surface area (Å²) in [6, 6.07) is 7.03. The van der Waals surface area contributed by atoms with Crippen molar-refractivity contribution in [3.63, 3.8) is 0 Å². The van der Waals surface area contributed by atoms with Gasteiger partial charge in [0.2, 0.25) is 0 Å². The van der Waals surface area contributed by atoms with Crippen molar-refractivity contribution in [2.24, 2.45) is 11.7 Å². The lowest BCUT2D eigenvalue weighted by Crippen LogP contribution is -2.54. The van der Waals surface area contributed by atoms with E-state index < -0.39 is 11.5 Å². The van der Waals surface area contributed by atoms with Gasteiger partial charge in [-0.2, -0.15) is 0 Å². The average Bonchev–Trinajstić information content (AvgIpc) is 3.20. The van der Waals surface area contributed by atoms with Gasteiger partial charge in [-0.05, 0) is 30.9 Å². The van der Waals surface area contributed by atoms with E-state index in [4.69, 9.17) is 15.2 Å². The molecule has 2 rings (SSSR count). The summed E-state index contributed by atoms with van der Waals surface area (Å²) in [6.45, 7) is -0.0276. The number of benzene rings is 1. The van der Waals surface area contributed by atoms with Crippen LogP contribution in [0.5, 0.6) is 11.5 Å². The molecule has 1 atom stereocenters. The molecule has 0 saturated heterocycles. The Balaban J connectivity index is 2.03. The van der Waals surface area contributed by atoms with Gasteiger partial charge in [-0.1, -0.05) is 6.07 Å². The summed E-state index contributed by atoms with van der Waals surface area (Å²) in [5.74, 6) is 0.233. The number of aliphatic carboxylic acids is 1. The molecule has 1 unspecified atom stereocenters. The molecule has 1 aromatic rings.